The van der Waals surface area contributed by atoms with Gasteiger partial charge in [0.1, 0.15) is 12.6 Å². The van der Waals surface area contributed by atoms with Crippen LogP contribution in [0.5, 0.6) is 0 Å². The van der Waals surface area contributed by atoms with E-state index in [0.717, 1.165) is 24.8 Å². The van der Waals surface area contributed by atoms with Gasteiger partial charge in [0.2, 0.25) is 5.91 Å². The normalized spacial score (nSPS) is 22.0. The van der Waals surface area contributed by atoms with Gasteiger partial charge in [0, 0.05) is 6.04 Å². The third kappa shape index (κ3) is 5.58. The Morgan fingerprint density at radius 2 is 1.91 bits per heavy atom. The lowest BCUT2D eigenvalue weighted by atomic mass is 9.86. The van der Waals surface area contributed by atoms with Crippen molar-refractivity contribution in [3.8, 4) is 0 Å². The molecule has 0 saturated heterocycles. The summed E-state index contributed by atoms with van der Waals surface area (Å²) in [5, 5.41) is 5.62. The quantitative estimate of drug-likeness (QED) is 0.877. The van der Waals surface area contributed by atoms with E-state index >= 15 is 0 Å². The molecule has 23 heavy (non-hydrogen) atoms. The number of amides is 2. The average molecular weight is 318 g/mol. The fourth-order valence-corrected chi connectivity index (χ4v) is 2.85. The Kier molecular flexibility index (Phi) is 6.44. The first kappa shape index (κ1) is 17.3. The second kappa shape index (κ2) is 8.56. The van der Waals surface area contributed by atoms with Gasteiger partial charge in [0.15, 0.2) is 0 Å². The van der Waals surface area contributed by atoms with Crippen LogP contribution in [-0.2, 0) is 16.1 Å². The molecule has 1 aliphatic rings. The van der Waals surface area contributed by atoms with Crippen LogP contribution >= 0.6 is 0 Å². The average Bonchev–Trinajstić information content (AvgIpc) is 2.56. The fourth-order valence-electron chi connectivity index (χ4n) is 2.85. The zero-order chi connectivity index (χ0) is 16.7. The van der Waals surface area contributed by atoms with Crippen molar-refractivity contribution in [1.29, 1.82) is 0 Å². The minimum atomic E-state index is -0.604. The van der Waals surface area contributed by atoms with E-state index in [1.54, 1.807) is 6.92 Å². The van der Waals surface area contributed by atoms with Gasteiger partial charge in [-0.05, 0) is 31.2 Å². The molecule has 0 aromatic heterocycles. The van der Waals surface area contributed by atoms with Gasteiger partial charge in [0.25, 0.3) is 0 Å². The molecule has 5 nitrogen and oxygen atoms in total. The Morgan fingerprint density at radius 3 is 2.61 bits per heavy atom. The van der Waals surface area contributed by atoms with Gasteiger partial charge in [-0.1, -0.05) is 50.1 Å². The minimum absolute atomic E-state index is 0.152. The molecule has 3 atom stereocenters. The Balaban J connectivity index is 1.73. The van der Waals surface area contributed by atoms with Crippen LogP contribution in [-0.4, -0.2) is 24.1 Å². The van der Waals surface area contributed by atoms with Crippen LogP contribution in [0.3, 0.4) is 0 Å². The number of ether oxygens (including phenoxy) is 1. The topological polar surface area (TPSA) is 67.4 Å². The fraction of sp³-hybridized carbons (Fsp3) is 0.556. The van der Waals surface area contributed by atoms with Gasteiger partial charge >= 0.3 is 6.09 Å². The van der Waals surface area contributed by atoms with E-state index in [4.69, 9.17) is 4.74 Å². The number of alkyl carbamates (subject to hydrolysis) is 1. The molecule has 1 saturated carbocycles. The van der Waals surface area contributed by atoms with E-state index in [1.807, 2.05) is 30.3 Å². The second-order valence-corrected chi connectivity index (χ2v) is 6.30. The molecule has 2 rings (SSSR count). The van der Waals surface area contributed by atoms with Crippen LogP contribution in [0.15, 0.2) is 30.3 Å². The molecule has 1 aliphatic carbocycles. The maximum absolute atomic E-state index is 12.2. The molecule has 0 heterocycles. The van der Waals surface area contributed by atoms with E-state index in [-0.39, 0.29) is 18.6 Å². The predicted molar refractivity (Wildman–Crippen MR) is 88.8 cm³/mol. The number of benzene rings is 1. The molecular weight excluding hydrogens is 292 g/mol. The zero-order valence-corrected chi connectivity index (χ0v) is 13.9. The van der Waals surface area contributed by atoms with Gasteiger partial charge < -0.3 is 15.4 Å². The number of carbonyl (C=O) groups excluding carboxylic acids is 2. The van der Waals surface area contributed by atoms with E-state index in [2.05, 4.69) is 17.6 Å². The van der Waals surface area contributed by atoms with Gasteiger partial charge in [-0.2, -0.15) is 0 Å². The lowest BCUT2D eigenvalue weighted by Gasteiger charge is -2.30. The van der Waals surface area contributed by atoms with E-state index in [0.29, 0.717) is 5.92 Å². The highest BCUT2D eigenvalue weighted by atomic mass is 16.5. The number of hydrogen-bond donors (Lipinski definition) is 2. The molecule has 1 aromatic rings. The third-order valence-corrected chi connectivity index (χ3v) is 4.38. The summed E-state index contributed by atoms with van der Waals surface area (Å²) in [6.07, 6.45) is 3.96. The minimum Gasteiger partial charge on any atom is -0.445 e. The van der Waals surface area contributed by atoms with E-state index < -0.39 is 12.1 Å². The molecule has 1 aromatic carbocycles. The van der Waals surface area contributed by atoms with Crippen molar-refractivity contribution in [3.63, 3.8) is 0 Å². The molecule has 1 fully saturated rings. The van der Waals surface area contributed by atoms with Crippen LogP contribution in [0, 0.1) is 5.92 Å². The smallest absolute Gasteiger partial charge is 0.408 e. The number of nitrogens with one attached hydrogen (secondary N) is 2. The van der Waals surface area contributed by atoms with Crippen molar-refractivity contribution in [1.82, 2.24) is 10.6 Å². The molecular formula is C18H26N2O3. The van der Waals surface area contributed by atoms with Crippen molar-refractivity contribution < 1.29 is 14.3 Å². The summed E-state index contributed by atoms with van der Waals surface area (Å²) in [4.78, 5) is 24.0. The van der Waals surface area contributed by atoms with Crippen molar-refractivity contribution in [2.75, 3.05) is 0 Å². The monoisotopic (exact) mass is 318 g/mol. The Hall–Kier alpha value is -2.04. The Labute approximate surface area is 137 Å². The molecule has 2 N–H and O–H groups in total. The third-order valence-electron chi connectivity index (χ3n) is 4.38. The van der Waals surface area contributed by atoms with Gasteiger partial charge in [-0.25, -0.2) is 4.79 Å². The summed E-state index contributed by atoms with van der Waals surface area (Å²) in [6, 6.07) is 9.05. The standard InChI is InChI=1S/C18H26N2O3/c1-13-8-6-7-11-16(13)20-17(21)14(2)19-18(22)23-12-15-9-4-3-5-10-15/h3-5,9-10,13-14,16H,6-8,11-12H2,1-2H3,(H,19,22)(H,20,21)/t13-,14+,16+/m1/s1. The highest BCUT2D eigenvalue weighted by molar-refractivity contribution is 5.85. The Bertz CT molecular complexity index is 518. The summed E-state index contributed by atoms with van der Waals surface area (Å²) < 4.78 is 5.13. The van der Waals surface area contributed by atoms with Crippen LogP contribution in [0.1, 0.15) is 45.1 Å². The summed E-state index contributed by atoms with van der Waals surface area (Å²) in [7, 11) is 0. The largest absolute Gasteiger partial charge is 0.445 e. The van der Waals surface area contributed by atoms with Crippen LogP contribution in [0.4, 0.5) is 4.79 Å². The first-order valence-corrected chi connectivity index (χ1v) is 8.34. The first-order valence-electron chi connectivity index (χ1n) is 8.34. The van der Waals surface area contributed by atoms with Gasteiger partial charge in [-0.3, -0.25) is 4.79 Å². The van der Waals surface area contributed by atoms with E-state index in [1.165, 1.54) is 6.42 Å². The predicted octanol–water partition coefficient (Wildman–Crippen LogP) is 3.00. The van der Waals surface area contributed by atoms with Crippen LogP contribution < -0.4 is 10.6 Å². The SMILES string of the molecule is C[C@H](NC(=O)OCc1ccccc1)C(=O)N[C@H]1CCCC[C@H]1C. The Morgan fingerprint density at radius 1 is 1.22 bits per heavy atom. The molecule has 0 unspecified atom stereocenters. The molecule has 2 amide bonds. The van der Waals surface area contributed by atoms with Crippen molar-refractivity contribution in [2.45, 2.75) is 58.2 Å². The summed E-state index contributed by atoms with van der Waals surface area (Å²) in [6.45, 7) is 4.03. The highest BCUT2D eigenvalue weighted by Gasteiger charge is 2.25. The van der Waals surface area contributed by atoms with E-state index in [9.17, 15) is 9.59 Å². The maximum Gasteiger partial charge on any atom is 0.408 e. The summed E-state index contributed by atoms with van der Waals surface area (Å²) in [5.74, 6) is 0.338. The maximum atomic E-state index is 12.2. The molecule has 0 spiro atoms. The highest BCUT2D eigenvalue weighted by Crippen LogP contribution is 2.23. The van der Waals surface area contributed by atoms with Crippen molar-refractivity contribution in [2.24, 2.45) is 5.92 Å². The van der Waals surface area contributed by atoms with Crippen LogP contribution in [0.25, 0.3) is 0 Å². The molecule has 0 radical (unpaired) electrons. The number of rotatable bonds is 5. The lowest BCUT2D eigenvalue weighted by molar-refractivity contribution is -0.124. The molecule has 5 heteroatoms. The van der Waals surface area contributed by atoms with Crippen molar-refractivity contribution in [3.05, 3.63) is 35.9 Å². The lowest BCUT2D eigenvalue weighted by Crippen LogP contribution is -2.50. The van der Waals surface area contributed by atoms with Gasteiger partial charge in [0.05, 0.1) is 0 Å². The number of carbonyl (C=O) groups is 2. The summed E-state index contributed by atoms with van der Waals surface area (Å²) in [5.41, 5.74) is 0.913. The molecule has 0 aliphatic heterocycles. The summed E-state index contributed by atoms with van der Waals surface area (Å²) >= 11 is 0. The molecule has 126 valence electrons. The zero-order valence-electron chi connectivity index (χ0n) is 13.9. The first-order chi connectivity index (χ1) is 11.1. The molecule has 0 bridgehead atoms. The van der Waals surface area contributed by atoms with Gasteiger partial charge in [-0.15, -0.1) is 0 Å². The number of hydrogen-bond acceptors (Lipinski definition) is 3. The second-order valence-electron chi connectivity index (χ2n) is 6.30. The van der Waals surface area contributed by atoms with Crippen LogP contribution in [0.2, 0.25) is 0 Å². The van der Waals surface area contributed by atoms with Crippen molar-refractivity contribution >= 4 is 12.0 Å².